The molecule has 0 amide bonds. The van der Waals surface area contributed by atoms with E-state index in [1.807, 2.05) is 0 Å². The van der Waals surface area contributed by atoms with Crippen LogP contribution in [0.15, 0.2) is 0 Å². The molecule has 0 rings (SSSR count). The Kier molecular flexibility index (Phi) is 10.3. The molecule has 15 heavy (non-hydrogen) atoms. The molecule has 0 saturated heterocycles. The van der Waals surface area contributed by atoms with Gasteiger partial charge in [-0.3, -0.25) is 0 Å². The average molecular weight is 217 g/mol. The second-order valence-corrected chi connectivity index (χ2v) is 4.19. The van der Waals surface area contributed by atoms with Crippen molar-refractivity contribution >= 4 is 0 Å². The van der Waals surface area contributed by atoms with Gasteiger partial charge < -0.3 is 14.8 Å². The van der Waals surface area contributed by atoms with Gasteiger partial charge in [-0.05, 0) is 12.8 Å². The smallest absolute Gasteiger partial charge is 0.0699 e. The lowest BCUT2D eigenvalue weighted by Crippen LogP contribution is -2.33. The number of methoxy groups -OCH3 is 1. The molecule has 1 atom stereocenters. The topological polar surface area (TPSA) is 30.5 Å². The van der Waals surface area contributed by atoms with Gasteiger partial charge >= 0.3 is 0 Å². The fourth-order valence-corrected chi connectivity index (χ4v) is 1.39. The molecular formula is C12H27NO2. The lowest BCUT2D eigenvalue weighted by atomic mass is 10.2. The normalized spacial score (nSPS) is 13.4. The van der Waals surface area contributed by atoms with Gasteiger partial charge in [-0.1, -0.05) is 27.2 Å². The first-order valence-corrected chi connectivity index (χ1v) is 6.04. The molecule has 0 aromatic heterocycles. The van der Waals surface area contributed by atoms with Crippen LogP contribution in [0, 0.1) is 0 Å². The second kappa shape index (κ2) is 10.4. The molecule has 0 spiro atoms. The van der Waals surface area contributed by atoms with Gasteiger partial charge in [0.15, 0.2) is 0 Å². The van der Waals surface area contributed by atoms with Gasteiger partial charge in [-0.15, -0.1) is 0 Å². The Labute approximate surface area is 94.5 Å². The molecule has 1 N–H and O–H groups in total. The van der Waals surface area contributed by atoms with Gasteiger partial charge in [0, 0.05) is 32.9 Å². The first-order chi connectivity index (χ1) is 7.20. The average Bonchev–Trinajstić information content (AvgIpc) is 2.20. The lowest BCUT2D eigenvalue weighted by Gasteiger charge is -2.19. The predicted octanol–water partition coefficient (Wildman–Crippen LogP) is 2.21. The van der Waals surface area contributed by atoms with Crippen molar-refractivity contribution in [2.24, 2.45) is 0 Å². The molecule has 0 radical (unpaired) electrons. The van der Waals surface area contributed by atoms with Gasteiger partial charge in [0.05, 0.1) is 6.10 Å². The third kappa shape index (κ3) is 10.2. The summed E-state index contributed by atoms with van der Waals surface area (Å²) in [7, 11) is 1.73. The molecule has 3 heteroatoms. The van der Waals surface area contributed by atoms with Crippen LogP contribution in [0.2, 0.25) is 0 Å². The van der Waals surface area contributed by atoms with Crippen LogP contribution in [-0.2, 0) is 9.47 Å². The Morgan fingerprint density at radius 2 is 1.93 bits per heavy atom. The monoisotopic (exact) mass is 217 g/mol. The van der Waals surface area contributed by atoms with E-state index in [0.717, 1.165) is 32.6 Å². The summed E-state index contributed by atoms with van der Waals surface area (Å²) in [5, 5.41) is 3.42. The van der Waals surface area contributed by atoms with Gasteiger partial charge in [0.2, 0.25) is 0 Å². The number of rotatable bonds is 10. The minimum Gasteiger partial charge on any atom is -0.385 e. The molecule has 0 aliphatic rings. The molecule has 0 aliphatic carbocycles. The van der Waals surface area contributed by atoms with E-state index >= 15 is 0 Å². The van der Waals surface area contributed by atoms with Crippen molar-refractivity contribution in [3.63, 3.8) is 0 Å². The molecule has 0 aliphatic heterocycles. The van der Waals surface area contributed by atoms with Crippen molar-refractivity contribution in [1.82, 2.24) is 5.32 Å². The van der Waals surface area contributed by atoms with Crippen molar-refractivity contribution in [3.8, 4) is 0 Å². The van der Waals surface area contributed by atoms with Crippen LogP contribution in [0.25, 0.3) is 0 Å². The Hall–Kier alpha value is -0.120. The van der Waals surface area contributed by atoms with Crippen LogP contribution in [0.3, 0.4) is 0 Å². The van der Waals surface area contributed by atoms with E-state index in [1.165, 1.54) is 6.42 Å². The fraction of sp³-hybridized carbons (Fsp3) is 1.00. The van der Waals surface area contributed by atoms with E-state index in [0.29, 0.717) is 12.1 Å². The summed E-state index contributed by atoms with van der Waals surface area (Å²) >= 11 is 0. The molecule has 0 bridgehead atoms. The molecule has 3 nitrogen and oxygen atoms in total. The maximum atomic E-state index is 5.79. The fourth-order valence-electron chi connectivity index (χ4n) is 1.39. The van der Waals surface area contributed by atoms with Gasteiger partial charge in [0.1, 0.15) is 0 Å². The van der Waals surface area contributed by atoms with Crippen molar-refractivity contribution in [2.75, 3.05) is 26.9 Å². The van der Waals surface area contributed by atoms with Crippen LogP contribution in [0.4, 0.5) is 0 Å². The van der Waals surface area contributed by atoms with Gasteiger partial charge in [-0.25, -0.2) is 0 Å². The Morgan fingerprint density at radius 3 is 2.47 bits per heavy atom. The molecule has 0 aromatic carbocycles. The number of hydrogen-bond donors (Lipinski definition) is 1. The van der Waals surface area contributed by atoms with E-state index in [1.54, 1.807) is 7.11 Å². The SMILES string of the molecule is CCCC(CNC(C)C)OCCCOC. The number of nitrogens with one attached hydrogen (secondary N) is 1. The first-order valence-electron chi connectivity index (χ1n) is 6.04. The summed E-state index contributed by atoms with van der Waals surface area (Å²) in [6.07, 6.45) is 3.65. The largest absolute Gasteiger partial charge is 0.385 e. The summed E-state index contributed by atoms with van der Waals surface area (Å²) < 4.78 is 10.8. The van der Waals surface area contributed by atoms with Crippen molar-refractivity contribution < 1.29 is 9.47 Å². The zero-order chi connectivity index (χ0) is 11.5. The Morgan fingerprint density at radius 1 is 1.20 bits per heavy atom. The predicted molar refractivity (Wildman–Crippen MR) is 64.3 cm³/mol. The highest BCUT2D eigenvalue weighted by Crippen LogP contribution is 2.02. The third-order valence-corrected chi connectivity index (χ3v) is 2.21. The Balaban J connectivity index is 3.53. The molecule has 1 unspecified atom stereocenters. The van der Waals surface area contributed by atoms with E-state index in [4.69, 9.17) is 9.47 Å². The van der Waals surface area contributed by atoms with Gasteiger partial charge in [0.25, 0.3) is 0 Å². The quantitative estimate of drug-likeness (QED) is 0.569. The van der Waals surface area contributed by atoms with E-state index in [2.05, 4.69) is 26.1 Å². The van der Waals surface area contributed by atoms with Crippen LogP contribution < -0.4 is 5.32 Å². The highest BCUT2D eigenvalue weighted by molar-refractivity contribution is 4.63. The van der Waals surface area contributed by atoms with Crippen molar-refractivity contribution in [3.05, 3.63) is 0 Å². The molecule has 0 heterocycles. The van der Waals surface area contributed by atoms with Crippen LogP contribution >= 0.6 is 0 Å². The summed E-state index contributed by atoms with van der Waals surface area (Å²) in [5.74, 6) is 0. The van der Waals surface area contributed by atoms with Crippen LogP contribution in [0.5, 0.6) is 0 Å². The lowest BCUT2D eigenvalue weighted by molar-refractivity contribution is 0.0334. The van der Waals surface area contributed by atoms with Crippen molar-refractivity contribution in [2.45, 2.75) is 52.2 Å². The molecular weight excluding hydrogens is 190 g/mol. The maximum Gasteiger partial charge on any atom is 0.0699 e. The third-order valence-electron chi connectivity index (χ3n) is 2.21. The highest BCUT2D eigenvalue weighted by atomic mass is 16.5. The first kappa shape index (κ1) is 14.9. The summed E-state index contributed by atoms with van der Waals surface area (Å²) in [5.41, 5.74) is 0. The molecule has 0 aromatic rings. The highest BCUT2D eigenvalue weighted by Gasteiger charge is 2.07. The second-order valence-electron chi connectivity index (χ2n) is 4.19. The van der Waals surface area contributed by atoms with Crippen LogP contribution in [0.1, 0.15) is 40.0 Å². The minimum atomic E-state index is 0.356. The van der Waals surface area contributed by atoms with Gasteiger partial charge in [-0.2, -0.15) is 0 Å². The van der Waals surface area contributed by atoms with E-state index in [9.17, 15) is 0 Å². The van der Waals surface area contributed by atoms with E-state index in [-0.39, 0.29) is 0 Å². The standard InChI is InChI=1S/C12H27NO2/c1-5-7-12(10-13-11(2)3)15-9-6-8-14-4/h11-13H,5-10H2,1-4H3. The number of ether oxygens (including phenoxy) is 2. The molecule has 0 saturated carbocycles. The molecule has 0 fully saturated rings. The maximum absolute atomic E-state index is 5.79. The summed E-state index contributed by atoms with van der Waals surface area (Å²) in [6, 6.07) is 0.534. The summed E-state index contributed by atoms with van der Waals surface area (Å²) in [6.45, 7) is 9.07. The zero-order valence-electron chi connectivity index (χ0n) is 10.7. The summed E-state index contributed by atoms with van der Waals surface area (Å²) in [4.78, 5) is 0. The molecule has 92 valence electrons. The number of hydrogen-bond acceptors (Lipinski definition) is 3. The Bertz CT molecular complexity index is 129. The zero-order valence-corrected chi connectivity index (χ0v) is 10.7. The van der Waals surface area contributed by atoms with Crippen molar-refractivity contribution in [1.29, 1.82) is 0 Å². The minimum absolute atomic E-state index is 0.356. The van der Waals surface area contributed by atoms with Crippen LogP contribution in [-0.4, -0.2) is 39.0 Å². The van der Waals surface area contributed by atoms with E-state index < -0.39 is 0 Å².